The molecule has 4 nitrogen and oxygen atoms in total. The van der Waals surface area contributed by atoms with Crippen molar-refractivity contribution in [2.24, 2.45) is 0 Å². The highest BCUT2D eigenvalue weighted by Gasteiger charge is 2.24. The fourth-order valence-corrected chi connectivity index (χ4v) is 2.76. The summed E-state index contributed by atoms with van der Waals surface area (Å²) in [5.41, 5.74) is 0.989. The Labute approximate surface area is 120 Å². The van der Waals surface area contributed by atoms with Gasteiger partial charge in [-0.3, -0.25) is 0 Å². The van der Waals surface area contributed by atoms with Crippen molar-refractivity contribution in [2.75, 3.05) is 6.61 Å². The molecule has 2 heterocycles. The van der Waals surface area contributed by atoms with Crippen LogP contribution in [-0.2, 0) is 6.54 Å². The van der Waals surface area contributed by atoms with Gasteiger partial charge < -0.3 is 14.6 Å². The summed E-state index contributed by atoms with van der Waals surface area (Å²) in [5.74, 6) is 1.51. The number of fused-ring (bicyclic) bond motifs is 1. The van der Waals surface area contributed by atoms with E-state index in [1.807, 2.05) is 12.1 Å². The van der Waals surface area contributed by atoms with Crippen LogP contribution in [0.3, 0.4) is 0 Å². The number of rotatable bonds is 3. The molecule has 1 aliphatic heterocycles. The summed E-state index contributed by atoms with van der Waals surface area (Å²) in [6, 6.07) is 5.56. The van der Waals surface area contributed by atoms with Gasteiger partial charge in [-0.05, 0) is 12.1 Å². The van der Waals surface area contributed by atoms with E-state index in [4.69, 9.17) is 32.5 Å². The van der Waals surface area contributed by atoms with Crippen molar-refractivity contribution >= 4 is 23.2 Å². The lowest BCUT2D eigenvalue weighted by atomic mass is 10.0. The Morgan fingerprint density at radius 1 is 1.37 bits per heavy atom. The van der Waals surface area contributed by atoms with Gasteiger partial charge in [0, 0.05) is 29.1 Å². The largest absolute Gasteiger partial charge is 0.492 e. The molecule has 0 saturated carbocycles. The summed E-state index contributed by atoms with van der Waals surface area (Å²) in [5, 5.41) is 8.24. The Kier molecular flexibility index (Phi) is 3.64. The molecule has 1 atom stereocenters. The Balaban J connectivity index is 1.81. The number of hydrogen-bond acceptors (Lipinski definition) is 4. The minimum atomic E-state index is 0.144. The molecule has 1 aromatic heterocycles. The average molecular weight is 299 g/mol. The third kappa shape index (κ3) is 2.71. The second-order valence-electron chi connectivity index (χ2n) is 4.36. The van der Waals surface area contributed by atoms with E-state index in [0.29, 0.717) is 28.9 Å². The van der Waals surface area contributed by atoms with Gasteiger partial charge in [-0.25, -0.2) is 0 Å². The van der Waals surface area contributed by atoms with Crippen LogP contribution in [0.2, 0.25) is 10.0 Å². The van der Waals surface area contributed by atoms with Crippen molar-refractivity contribution in [3.8, 4) is 5.75 Å². The standard InChI is InChI=1S/C13H12Cl2N2O2/c14-8-5-10-12(16-7-9-1-3-17-19-9)2-4-18-13(10)11(15)6-8/h1,3,5-6,12,16H,2,4,7H2. The number of halogens is 2. The van der Waals surface area contributed by atoms with E-state index in [-0.39, 0.29) is 6.04 Å². The molecule has 19 heavy (non-hydrogen) atoms. The second-order valence-corrected chi connectivity index (χ2v) is 5.20. The molecule has 0 saturated heterocycles. The molecule has 0 fully saturated rings. The molecule has 1 aromatic carbocycles. The van der Waals surface area contributed by atoms with Crippen LogP contribution in [0.25, 0.3) is 0 Å². The van der Waals surface area contributed by atoms with E-state index in [2.05, 4.69) is 10.5 Å². The topological polar surface area (TPSA) is 47.3 Å². The molecule has 6 heteroatoms. The van der Waals surface area contributed by atoms with Crippen LogP contribution in [0.5, 0.6) is 5.75 Å². The highest BCUT2D eigenvalue weighted by molar-refractivity contribution is 6.35. The molecule has 0 aliphatic carbocycles. The second kappa shape index (κ2) is 5.41. The fourth-order valence-electron chi connectivity index (χ4n) is 2.19. The number of nitrogens with zero attached hydrogens (tertiary/aromatic N) is 1. The molecule has 1 unspecified atom stereocenters. The van der Waals surface area contributed by atoms with E-state index in [1.54, 1.807) is 12.3 Å². The minimum absolute atomic E-state index is 0.144. The van der Waals surface area contributed by atoms with Crippen LogP contribution in [0.1, 0.15) is 23.8 Å². The zero-order chi connectivity index (χ0) is 13.2. The number of aromatic nitrogens is 1. The summed E-state index contributed by atoms with van der Waals surface area (Å²) < 4.78 is 10.7. The van der Waals surface area contributed by atoms with Gasteiger partial charge in [-0.2, -0.15) is 0 Å². The van der Waals surface area contributed by atoms with Crippen molar-refractivity contribution in [1.82, 2.24) is 10.5 Å². The maximum absolute atomic E-state index is 6.15. The van der Waals surface area contributed by atoms with Gasteiger partial charge in [0.05, 0.1) is 24.4 Å². The zero-order valence-corrected chi connectivity index (χ0v) is 11.5. The molecular formula is C13H12Cl2N2O2. The highest BCUT2D eigenvalue weighted by atomic mass is 35.5. The monoisotopic (exact) mass is 298 g/mol. The lowest BCUT2D eigenvalue weighted by Crippen LogP contribution is -2.26. The van der Waals surface area contributed by atoms with Crippen molar-refractivity contribution < 1.29 is 9.26 Å². The Bertz CT molecular complexity index is 572. The van der Waals surface area contributed by atoms with Gasteiger partial charge in [-0.15, -0.1) is 0 Å². The van der Waals surface area contributed by atoms with Crippen molar-refractivity contribution in [3.63, 3.8) is 0 Å². The van der Waals surface area contributed by atoms with Crippen molar-refractivity contribution in [1.29, 1.82) is 0 Å². The normalized spacial score (nSPS) is 17.9. The maximum Gasteiger partial charge on any atom is 0.150 e. The fraction of sp³-hybridized carbons (Fsp3) is 0.308. The molecular weight excluding hydrogens is 287 g/mol. The molecule has 2 aromatic rings. The predicted octanol–water partition coefficient (Wildman–Crippen LogP) is 3.59. The van der Waals surface area contributed by atoms with Gasteiger partial charge in [0.1, 0.15) is 11.5 Å². The number of ether oxygens (including phenoxy) is 1. The predicted molar refractivity (Wildman–Crippen MR) is 72.7 cm³/mol. The Hall–Kier alpha value is -1.23. The summed E-state index contributed by atoms with van der Waals surface area (Å²) in [7, 11) is 0. The summed E-state index contributed by atoms with van der Waals surface area (Å²) >= 11 is 12.2. The SMILES string of the molecule is Clc1cc(Cl)c2c(c1)C(NCc1ccno1)CCO2. The lowest BCUT2D eigenvalue weighted by Gasteiger charge is -2.27. The van der Waals surface area contributed by atoms with Crippen LogP contribution in [0, 0.1) is 0 Å². The third-order valence-electron chi connectivity index (χ3n) is 3.08. The van der Waals surface area contributed by atoms with Crippen molar-refractivity contribution in [2.45, 2.75) is 19.0 Å². The minimum Gasteiger partial charge on any atom is -0.492 e. The van der Waals surface area contributed by atoms with E-state index in [9.17, 15) is 0 Å². The summed E-state index contributed by atoms with van der Waals surface area (Å²) in [6.45, 7) is 1.23. The molecule has 1 N–H and O–H groups in total. The van der Waals surface area contributed by atoms with Crippen molar-refractivity contribution in [3.05, 3.63) is 45.8 Å². The van der Waals surface area contributed by atoms with E-state index < -0.39 is 0 Å². The van der Waals surface area contributed by atoms with Crippen LogP contribution in [0.4, 0.5) is 0 Å². The van der Waals surface area contributed by atoms with Gasteiger partial charge >= 0.3 is 0 Å². The van der Waals surface area contributed by atoms with E-state index >= 15 is 0 Å². The number of benzene rings is 1. The first-order chi connectivity index (χ1) is 9.24. The van der Waals surface area contributed by atoms with Crippen LogP contribution < -0.4 is 10.1 Å². The highest BCUT2D eigenvalue weighted by Crippen LogP contribution is 2.39. The molecule has 1 aliphatic rings. The van der Waals surface area contributed by atoms with Crippen LogP contribution in [0.15, 0.2) is 28.9 Å². The quantitative estimate of drug-likeness (QED) is 0.940. The van der Waals surface area contributed by atoms with E-state index in [0.717, 1.165) is 17.7 Å². The maximum atomic E-state index is 6.15. The molecule has 100 valence electrons. The van der Waals surface area contributed by atoms with Gasteiger partial charge in [0.25, 0.3) is 0 Å². The van der Waals surface area contributed by atoms with Gasteiger partial charge in [0.2, 0.25) is 0 Å². The molecule has 0 bridgehead atoms. The zero-order valence-electron chi connectivity index (χ0n) is 10.0. The lowest BCUT2D eigenvalue weighted by molar-refractivity contribution is 0.248. The Morgan fingerprint density at radius 2 is 2.26 bits per heavy atom. The molecule has 0 amide bonds. The first-order valence-corrected chi connectivity index (χ1v) is 6.74. The van der Waals surface area contributed by atoms with Gasteiger partial charge in [-0.1, -0.05) is 28.4 Å². The smallest absolute Gasteiger partial charge is 0.150 e. The molecule has 0 radical (unpaired) electrons. The van der Waals surface area contributed by atoms with Crippen LogP contribution in [-0.4, -0.2) is 11.8 Å². The number of hydrogen-bond donors (Lipinski definition) is 1. The summed E-state index contributed by atoms with van der Waals surface area (Å²) in [4.78, 5) is 0. The first-order valence-electron chi connectivity index (χ1n) is 5.99. The Morgan fingerprint density at radius 3 is 3.05 bits per heavy atom. The third-order valence-corrected chi connectivity index (χ3v) is 3.58. The first kappa shape index (κ1) is 12.8. The van der Waals surface area contributed by atoms with Gasteiger partial charge in [0.15, 0.2) is 0 Å². The van der Waals surface area contributed by atoms with Crippen LogP contribution >= 0.6 is 23.2 Å². The molecule has 3 rings (SSSR count). The number of nitrogens with one attached hydrogen (secondary N) is 1. The molecule has 0 spiro atoms. The summed E-state index contributed by atoms with van der Waals surface area (Å²) in [6.07, 6.45) is 2.49. The average Bonchev–Trinajstić information content (AvgIpc) is 2.89. The van der Waals surface area contributed by atoms with E-state index in [1.165, 1.54) is 0 Å².